The molecule has 1 N–H and O–H groups in total. The summed E-state index contributed by atoms with van der Waals surface area (Å²) in [7, 11) is 0. The fraction of sp³-hybridized carbons (Fsp3) is 0.692. The number of piperazine rings is 1. The zero-order valence-corrected chi connectivity index (χ0v) is 18.9. The molecule has 0 radical (unpaired) electrons. The summed E-state index contributed by atoms with van der Waals surface area (Å²) in [6, 6.07) is 10.1. The molecule has 1 aromatic carbocycles. The SMILES string of the molecule is C[C@@H](NC(=O)CC12CC3CC(CC(C3)C1)C2)C(=O)N1CCN(Cc2ccccc2)CC1. The number of benzene rings is 1. The Bertz CT molecular complexity index is 765. The van der Waals surface area contributed by atoms with Crippen LogP contribution in [0, 0.1) is 23.2 Å². The van der Waals surface area contributed by atoms with Crippen molar-refractivity contribution in [2.75, 3.05) is 26.2 Å². The van der Waals surface area contributed by atoms with E-state index in [4.69, 9.17) is 0 Å². The first-order valence-corrected chi connectivity index (χ1v) is 12.3. The second-order valence-corrected chi connectivity index (χ2v) is 11.0. The van der Waals surface area contributed by atoms with Gasteiger partial charge in [0.25, 0.3) is 0 Å². The van der Waals surface area contributed by atoms with Gasteiger partial charge in [0.05, 0.1) is 0 Å². The topological polar surface area (TPSA) is 52.7 Å². The number of amides is 2. The molecule has 4 bridgehead atoms. The molecule has 4 saturated carbocycles. The second-order valence-electron chi connectivity index (χ2n) is 11.0. The van der Waals surface area contributed by atoms with Crippen molar-refractivity contribution in [1.82, 2.24) is 15.1 Å². The van der Waals surface area contributed by atoms with Gasteiger partial charge in [0.15, 0.2) is 0 Å². The average molecular weight is 424 g/mol. The molecule has 4 aliphatic carbocycles. The van der Waals surface area contributed by atoms with Gasteiger partial charge in [-0.1, -0.05) is 30.3 Å². The zero-order valence-electron chi connectivity index (χ0n) is 18.9. The first kappa shape index (κ1) is 21.0. The molecule has 5 fully saturated rings. The number of nitrogens with zero attached hydrogens (tertiary/aromatic N) is 2. The molecule has 1 aromatic rings. The van der Waals surface area contributed by atoms with Gasteiger partial charge in [0.2, 0.25) is 11.8 Å². The van der Waals surface area contributed by atoms with E-state index in [2.05, 4.69) is 34.5 Å². The Balaban J connectivity index is 1.09. The number of carbonyl (C=O) groups is 2. The molecule has 1 heterocycles. The van der Waals surface area contributed by atoms with Crippen molar-refractivity contribution in [2.24, 2.45) is 23.2 Å². The van der Waals surface area contributed by atoms with Crippen LogP contribution in [0.2, 0.25) is 0 Å². The maximum atomic E-state index is 13.0. The third kappa shape index (κ3) is 4.67. The third-order valence-corrected chi connectivity index (χ3v) is 8.38. The van der Waals surface area contributed by atoms with Crippen molar-refractivity contribution < 1.29 is 9.59 Å². The van der Waals surface area contributed by atoms with Gasteiger partial charge in [-0.15, -0.1) is 0 Å². The predicted octanol–water partition coefficient (Wildman–Crippen LogP) is 3.44. The summed E-state index contributed by atoms with van der Waals surface area (Å²) in [5, 5.41) is 3.06. The first-order chi connectivity index (χ1) is 15.0. The van der Waals surface area contributed by atoms with Gasteiger partial charge in [-0.05, 0) is 74.2 Å². The molecule has 5 heteroatoms. The van der Waals surface area contributed by atoms with E-state index in [1.807, 2.05) is 17.9 Å². The van der Waals surface area contributed by atoms with Crippen molar-refractivity contribution in [3.63, 3.8) is 0 Å². The Hall–Kier alpha value is -1.88. The maximum Gasteiger partial charge on any atom is 0.244 e. The first-order valence-electron chi connectivity index (χ1n) is 12.3. The van der Waals surface area contributed by atoms with E-state index in [9.17, 15) is 9.59 Å². The highest BCUT2D eigenvalue weighted by Gasteiger charge is 2.51. The zero-order chi connectivity index (χ0) is 21.4. The van der Waals surface area contributed by atoms with Crippen LogP contribution in [0.15, 0.2) is 30.3 Å². The molecule has 1 atom stereocenters. The Kier molecular flexibility index (Phi) is 5.80. The number of hydrogen-bond donors (Lipinski definition) is 1. The van der Waals surface area contributed by atoms with Gasteiger partial charge in [0.1, 0.15) is 6.04 Å². The molecule has 168 valence electrons. The fourth-order valence-corrected chi connectivity index (χ4v) is 7.44. The van der Waals surface area contributed by atoms with Gasteiger partial charge in [-0.2, -0.15) is 0 Å². The summed E-state index contributed by atoms with van der Waals surface area (Å²) in [6.45, 7) is 6.03. The minimum atomic E-state index is -0.429. The van der Waals surface area contributed by atoms with E-state index < -0.39 is 6.04 Å². The normalized spacial score (nSPS) is 33.3. The second kappa shape index (κ2) is 8.57. The van der Waals surface area contributed by atoms with Crippen molar-refractivity contribution in [3.8, 4) is 0 Å². The third-order valence-electron chi connectivity index (χ3n) is 8.38. The summed E-state index contributed by atoms with van der Waals surface area (Å²) >= 11 is 0. The lowest BCUT2D eigenvalue weighted by Crippen LogP contribution is -2.54. The molecule has 0 spiro atoms. The summed E-state index contributed by atoms with van der Waals surface area (Å²) in [5.74, 6) is 2.71. The van der Waals surface area contributed by atoms with Crippen molar-refractivity contribution in [1.29, 1.82) is 0 Å². The van der Waals surface area contributed by atoms with Crippen LogP contribution >= 0.6 is 0 Å². The Morgan fingerprint density at radius 1 is 0.968 bits per heavy atom. The molecular weight excluding hydrogens is 386 g/mol. The van der Waals surface area contributed by atoms with Crippen LogP contribution in [0.25, 0.3) is 0 Å². The van der Waals surface area contributed by atoms with E-state index in [-0.39, 0.29) is 17.2 Å². The van der Waals surface area contributed by atoms with Crippen LogP contribution < -0.4 is 5.32 Å². The van der Waals surface area contributed by atoms with E-state index in [0.717, 1.165) is 50.5 Å². The lowest BCUT2D eigenvalue weighted by molar-refractivity contribution is -0.139. The van der Waals surface area contributed by atoms with Crippen LogP contribution in [0.1, 0.15) is 57.4 Å². The van der Waals surface area contributed by atoms with E-state index in [0.29, 0.717) is 6.42 Å². The number of nitrogens with one attached hydrogen (secondary N) is 1. The monoisotopic (exact) mass is 423 g/mol. The van der Waals surface area contributed by atoms with Gasteiger partial charge in [0, 0.05) is 39.1 Å². The van der Waals surface area contributed by atoms with Gasteiger partial charge in [-0.25, -0.2) is 0 Å². The lowest BCUT2D eigenvalue weighted by Gasteiger charge is -2.56. The molecule has 1 aliphatic heterocycles. The quantitative estimate of drug-likeness (QED) is 0.763. The fourth-order valence-electron chi connectivity index (χ4n) is 7.44. The van der Waals surface area contributed by atoms with Gasteiger partial charge < -0.3 is 10.2 Å². The van der Waals surface area contributed by atoms with Crippen LogP contribution in [-0.4, -0.2) is 53.8 Å². The summed E-state index contributed by atoms with van der Waals surface area (Å²) in [5.41, 5.74) is 1.54. The molecule has 0 aromatic heterocycles. The smallest absolute Gasteiger partial charge is 0.244 e. The highest BCUT2D eigenvalue weighted by Crippen LogP contribution is 2.61. The van der Waals surface area contributed by atoms with Crippen LogP contribution in [0.3, 0.4) is 0 Å². The molecule has 31 heavy (non-hydrogen) atoms. The number of carbonyl (C=O) groups excluding carboxylic acids is 2. The molecular formula is C26H37N3O2. The maximum absolute atomic E-state index is 13.0. The Morgan fingerprint density at radius 3 is 2.13 bits per heavy atom. The molecule has 5 nitrogen and oxygen atoms in total. The summed E-state index contributed by atoms with van der Waals surface area (Å²) in [4.78, 5) is 30.2. The minimum absolute atomic E-state index is 0.0678. The van der Waals surface area contributed by atoms with E-state index in [1.165, 1.54) is 44.1 Å². The van der Waals surface area contributed by atoms with Gasteiger partial charge in [-0.3, -0.25) is 14.5 Å². The molecule has 0 unspecified atom stereocenters. The Morgan fingerprint density at radius 2 is 1.55 bits per heavy atom. The molecule has 5 aliphatic rings. The molecule has 6 rings (SSSR count). The lowest BCUT2D eigenvalue weighted by atomic mass is 9.49. The minimum Gasteiger partial charge on any atom is -0.345 e. The Labute approximate surface area is 186 Å². The number of hydrogen-bond acceptors (Lipinski definition) is 3. The average Bonchev–Trinajstić information content (AvgIpc) is 2.73. The van der Waals surface area contributed by atoms with Crippen molar-refractivity contribution in [2.45, 2.75) is 64.5 Å². The van der Waals surface area contributed by atoms with E-state index >= 15 is 0 Å². The van der Waals surface area contributed by atoms with Gasteiger partial charge >= 0.3 is 0 Å². The highest BCUT2D eigenvalue weighted by molar-refractivity contribution is 5.87. The van der Waals surface area contributed by atoms with Crippen molar-refractivity contribution in [3.05, 3.63) is 35.9 Å². The van der Waals surface area contributed by atoms with Crippen LogP contribution in [0.4, 0.5) is 0 Å². The summed E-state index contributed by atoms with van der Waals surface area (Å²) < 4.78 is 0. The standard InChI is InChI=1S/C26H37N3O2/c1-19(25(31)29-9-7-28(8-10-29)18-20-5-3-2-4-6-20)27-24(30)17-26-14-21-11-22(15-26)13-23(12-21)16-26/h2-6,19,21-23H,7-18H2,1H3,(H,27,30)/t19-,21?,22?,23?,26?/m1/s1. The molecule has 1 saturated heterocycles. The highest BCUT2D eigenvalue weighted by atomic mass is 16.2. The van der Waals surface area contributed by atoms with Crippen molar-refractivity contribution >= 4 is 11.8 Å². The molecule has 2 amide bonds. The largest absolute Gasteiger partial charge is 0.345 e. The van der Waals surface area contributed by atoms with E-state index in [1.54, 1.807) is 0 Å². The van der Waals surface area contributed by atoms with Crippen LogP contribution in [0.5, 0.6) is 0 Å². The predicted molar refractivity (Wildman–Crippen MR) is 121 cm³/mol. The number of rotatable bonds is 6. The van der Waals surface area contributed by atoms with Crippen LogP contribution in [-0.2, 0) is 16.1 Å². The summed E-state index contributed by atoms with van der Waals surface area (Å²) in [6.07, 6.45) is 8.51.